The smallest absolute Gasteiger partial charge is 0.354 e. The lowest BCUT2D eigenvalue weighted by Gasteiger charge is -2.47. The van der Waals surface area contributed by atoms with Crippen molar-refractivity contribution in [2.45, 2.75) is 69.5 Å². The van der Waals surface area contributed by atoms with Crippen molar-refractivity contribution in [3.63, 3.8) is 0 Å². The Morgan fingerprint density at radius 2 is 1.94 bits per heavy atom. The van der Waals surface area contributed by atoms with Gasteiger partial charge in [0, 0.05) is 36.8 Å². The molecule has 1 saturated carbocycles. The number of hydrogen-bond donors (Lipinski definition) is 0. The van der Waals surface area contributed by atoms with Gasteiger partial charge in [-0.1, -0.05) is 36.8 Å². The topological polar surface area (TPSA) is 41.9 Å². The zero-order valence-electron chi connectivity index (χ0n) is 18.4. The van der Waals surface area contributed by atoms with Crippen LogP contribution in [0.3, 0.4) is 0 Å². The summed E-state index contributed by atoms with van der Waals surface area (Å²) in [6, 6.07) is 10.7. The maximum absolute atomic E-state index is 12.4. The van der Waals surface area contributed by atoms with Crippen LogP contribution in [0.5, 0.6) is 0 Å². The molecule has 5 nitrogen and oxygen atoms in total. The predicted molar refractivity (Wildman–Crippen MR) is 122 cm³/mol. The van der Waals surface area contributed by atoms with E-state index in [9.17, 15) is 4.79 Å². The molecule has 162 valence electrons. The highest BCUT2D eigenvalue weighted by atomic mass is 16.5. The molecule has 3 heterocycles. The van der Waals surface area contributed by atoms with Crippen molar-refractivity contribution in [3.05, 3.63) is 54.0 Å². The van der Waals surface area contributed by atoms with Crippen LogP contribution in [0.4, 0.5) is 5.69 Å². The molecule has 2 aliphatic carbocycles. The van der Waals surface area contributed by atoms with Gasteiger partial charge in [-0.2, -0.15) is 0 Å². The Balaban J connectivity index is 1.57. The zero-order chi connectivity index (χ0) is 21.0. The lowest BCUT2D eigenvalue weighted by atomic mass is 9.79. The number of rotatable bonds is 2. The van der Waals surface area contributed by atoms with Gasteiger partial charge >= 0.3 is 5.97 Å². The van der Waals surface area contributed by atoms with Crippen LogP contribution in [0.25, 0.3) is 0 Å². The summed E-state index contributed by atoms with van der Waals surface area (Å²) in [5.74, 6) is 1.26. The maximum atomic E-state index is 12.4. The van der Waals surface area contributed by atoms with E-state index >= 15 is 0 Å². The number of carbonyl (C=O) groups excluding carboxylic acids is 1. The second-order valence-corrected chi connectivity index (χ2v) is 9.87. The Kier molecular flexibility index (Phi) is 4.57. The summed E-state index contributed by atoms with van der Waals surface area (Å²) < 4.78 is 5.99. The minimum atomic E-state index is -0.292. The minimum absolute atomic E-state index is 0.292. The molecule has 0 radical (unpaired) electrons. The van der Waals surface area contributed by atoms with E-state index in [1.54, 1.807) is 0 Å². The Morgan fingerprint density at radius 1 is 1.13 bits per heavy atom. The van der Waals surface area contributed by atoms with Gasteiger partial charge in [0.25, 0.3) is 0 Å². The van der Waals surface area contributed by atoms with E-state index in [1.807, 2.05) is 0 Å². The van der Waals surface area contributed by atoms with Crippen molar-refractivity contribution in [2.24, 2.45) is 10.9 Å². The first-order chi connectivity index (χ1) is 15.2. The SMILES string of the molecule is COC(=O)C1=NC2=C[N+]3(C4CCCCC4)c4ccccc4CC3C3CC=CCC3N2C1. The molecule has 5 heteroatoms. The van der Waals surface area contributed by atoms with Crippen molar-refractivity contribution in [3.8, 4) is 0 Å². The fourth-order valence-corrected chi connectivity index (χ4v) is 7.21. The molecule has 0 amide bonds. The second-order valence-electron chi connectivity index (χ2n) is 9.87. The number of aliphatic imine (C=N–C) groups is 1. The van der Waals surface area contributed by atoms with Gasteiger partial charge in [0.15, 0.2) is 5.82 Å². The van der Waals surface area contributed by atoms with E-state index in [0.717, 1.165) is 29.6 Å². The molecule has 0 spiro atoms. The quantitative estimate of drug-likeness (QED) is 0.408. The molecule has 6 rings (SSSR count). The third-order valence-electron chi connectivity index (χ3n) is 8.52. The molecule has 1 aromatic carbocycles. The lowest BCUT2D eigenvalue weighted by Crippen LogP contribution is -2.61. The molecule has 0 bridgehead atoms. The average molecular weight is 419 g/mol. The first kappa shape index (κ1) is 19.3. The molecule has 31 heavy (non-hydrogen) atoms. The van der Waals surface area contributed by atoms with Crippen LogP contribution >= 0.6 is 0 Å². The largest absolute Gasteiger partial charge is 0.464 e. The lowest BCUT2D eigenvalue weighted by molar-refractivity contribution is -0.132. The molecule has 3 aliphatic heterocycles. The van der Waals surface area contributed by atoms with Crippen LogP contribution in [-0.2, 0) is 16.0 Å². The van der Waals surface area contributed by atoms with E-state index < -0.39 is 0 Å². The molecule has 0 aromatic heterocycles. The number of esters is 1. The van der Waals surface area contributed by atoms with Crippen molar-refractivity contribution in [1.82, 2.24) is 9.38 Å². The van der Waals surface area contributed by atoms with Crippen molar-refractivity contribution < 1.29 is 9.53 Å². The summed E-state index contributed by atoms with van der Waals surface area (Å²) in [4.78, 5) is 19.7. The summed E-state index contributed by atoms with van der Waals surface area (Å²) in [5, 5.41) is 0. The van der Waals surface area contributed by atoms with Crippen LogP contribution in [0, 0.1) is 5.92 Å². The molecule has 5 aliphatic rings. The summed E-state index contributed by atoms with van der Waals surface area (Å²) >= 11 is 0. The van der Waals surface area contributed by atoms with Gasteiger partial charge in [0.05, 0.1) is 19.7 Å². The van der Waals surface area contributed by atoms with E-state index in [2.05, 4.69) is 47.5 Å². The molecule has 4 atom stereocenters. The van der Waals surface area contributed by atoms with E-state index in [0.29, 0.717) is 36.3 Å². The van der Waals surface area contributed by atoms with Gasteiger partial charge in [-0.15, -0.1) is 0 Å². The monoisotopic (exact) mass is 418 g/mol. The fraction of sp³-hybridized carbons (Fsp3) is 0.538. The Labute approximate surface area is 184 Å². The first-order valence-corrected chi connectivity index (χ1v) is 12.0. The molecule has 4 unspecified atom stereocenters. The zero-order valence-corrected chi connectivity index (χ0v) is 18.4. The summed E-state index contributed by atoms with van der Waals surface area (Å²) in [7, 11) is 1.46. The summed E-state index contributed by atoms with van der Waals surface area (Å²) in [6.07, 6.45) is 17.0. The Morgan fingerprint density at radius 3 is 2.77 bits per heavy atom. The normalized spacial score (nSPS) is 34.1. The molecular weight excluding hydrogens is 386 g/mol. The van der Waals surface area contributed by atoms with Crippen LogP contribution < -0.4 is 4.48 Å². The highest BCUT2D eigenvalue weighted by Crippen LogP contribution is 2.52. The number of benzene rings is 1. The third-order valence-corrected chi connectivity index (χ3v) is 8.52. The van der Waals surface area contributed by atoms with Gasteiger partial charge in [-0.05, 0) is 31.7 Å². The number of ether oxygens (including phenoxy) is 1. The fourth-order valence-electron chi connectivity index (χ4n) is 7.21. The number of carbonyl (C=O) groups is 1. The number of para-hydroxylation sites is 1. The van der Waals surface area contributed by atoms with Gasteiger partial charge in [-0.3, -0.25) is 4.48 Å². The van der Waals surface area contributed by atoms with E-state index in [1.165, 1.54) is 50.5 Å². The number of allylic oxidation sites excluding steroid dienone is 1. The minimum Gasteiger partial charge on any atom is -0.464 e. The van der Waals surface area contributed by atoms with Gasteiger partial charge in [0.2, 0.25) is 0 Å². The highest BCUT2D eigenvalue weighted by molar-refractivity contribution is 6.38. The number of hydrogen-bond acceptors (Lipinski definition) is 4. The number of quaternary nitrogens is 1. The third kappa shape index (κ3) is 2.78. The first-order valence-electron chi connectivity index (χ1n) is 12.0. The van der Waals surface area contributed by atoms with Crippen LogP contribution in [0.15, 0.2) is 53.4 Å². The molecular formula is C26H32N3O2+. The van der Waals surface area contributed by atoms with E-state index in [4.69, 9.17) is 9.73 Å². The Bertz CT molecular complexity index is 990. The molecule has 1 fully saturated rings. The van der Waals surface area contributed by atoms with Gasteiger partial charge in [0.1, 0.15) is 23.6 Å². The van der Waals surface area contributed by atoms with Crippen molar-refractivity contribution in [2.75, 3.05) is 13.7 Å². The molecule has 0 N–H and O–H groups in total. The van der Waals surface area contributed by atoms with Gasteiger partial charge < -0.3 is 9.64 Å². The van der Waals surface area contributed by atoms with Crippen LogP contribution in [-0.4, -0.2) is 48.4 Å². The Hall–Kier alpha value is -2.40. The predicted octanol–water partition coefficient (Wildman–Crippen LogP) is 4.33. The maximum Gasteiger partial charge on any atom is 0.354 e. The van der Waals surface area contributed by atoms with Gasteiger partial charge in [-0.25, -0.2) is 9.79 Å². The number of methoxy groups -OCH3 is 1. The highest BCUT2D eigenvalue weighted by Gasteiger charge is 2.58. The van der Waals surface area contributed by atoms with Crippen molar-refractivity contribution in [1.29, 1.82) is 0 Å². The van der Waals surface area contributed by atoms with Crippen LogP contribution in [0.1, 0.15) is 50.5 Å². The van der Waals surface area contributed by atoms with E-state index in [-0.39, 0.29) is 5.97 Å². The standard InChI is InChI=1S/C26H32N3O2/c1-31-26(30)21-16-28-22-13-7-6-12-20(22)24-15-18-9-5-8-14-23(18)29(24,17-25(28)27-21)19-10-3-2-4-11-19/h5-9,14,17,19-20,22,24H,2-4,10-13,15-16H2,1H3/q+1. The molecule has 0 saturated heterocycles. The molecule has 1 aromatic rings. The summed E-state index contributed by atoms with van der Waals surface area (Å²) in [5.41, 5.74) is 3.53. The average Bonchev–Trinajstić information content (AvgIpc) is 3.37. The summed E-state index contributed by atoms with van der Waals surface area (Å²) in [6.45, 7) is 0.576. The van der Waals surface area contributed by atoms with Crippen molar-refractivity contribution >= 4 is 17.4 Å². The number of nitrogens with zero attached hydrogens (tertiary/aromatic N) is 3. The second kappa shape index (κ2) is 7.33. The number of fused-ring (bicyclic) bond motifs is 7. The van der Waals surface area contributed by atoms with Crippen LogP contribution in [0.2, 0.25) is 0 Å².